The lowest BCUT2D eigenvalue weighted by atomic mass is 9.98. The molecule has 0 unspecified atom stereocenters. The molecule has 1 amide bonds. The largest absolute Gasteiger partial charge is 0.339 e. The van der Waals surface area contributed by atoms with Gasteiger partial charge in [-0.05, 0) is 30.9 Å². The van der Waals surface area contributed by atoms with Crippen LogP contribution in [0.5, 0.6) is 0 Å². The second-order valence-electron chi connectivity index (χ2n) is 4.57. The number of carbonyl (C=O) groups excluding carboxylic acids is 1. The molecule has 1 heterocycles. The Morgan fingerprint density at radius 3 is 2.29 bits per heavy atom. The highest BCUT2D eigenvalue weighted by Gasteiger charge is 2.24. The molecule has 0 N–H and O–H groups in total. The van der Waals surface area contributed by atoms with Gasteiger partial charge in [0, 0.05) is 13.1 Å². The molecule has 2 rings (SSSR count). The van der Waals surface area contributed by atoms with Crippen LogP contribution >= 0.6 is 23.2 Å². The normalized spacial score (nSPS) is 17.2. The summed E-state index contributed by atoms with van der Waals surface area (Å²) >= 11 is 12.1. The van der Waals surface area contributed by atoms with Gasteiger partial charge in [-0.25, -0.2) is 0 Å². The number of nitrogens with zero attached hydrogens (tertiary/aromatic N) is 1. The average molecular weight is 272 g/mol. The Labute approximate surface area is 112 Å². The minimum Gasteiger partial charge on any atom is -0.339 e. The summed E-state index contributed by atoms with van der Waals surface area (Å²) in [7, 11) is 0. The maximum absolute atomic E-state index is 12.3. The fourth-order valence-corrected chi connectivity index (χ4v) is 2.63. The molecule has 0 radical (unpaired) electrons. The van der Waals surface area contributed by atoms with E-state index in [1.54, 1.807) is 18.2 Å². The van der Waals surface area contributed by atoms with Crippen LogP contribution in [0.4, 0.5) is 0 Å². The number of hydrogen-bond acceptors (Lipinski definition) is 1. The third-order valence-electron chi connectivity index (χ3n) is 3.25. The molecule has 1 aliphatic rings. The summed E-state index contributed by atoms with van der Waals surface area (Å²) < 4.78 is 0. The van der Waals surface area contributed by atoms with Gasteiger partial charge in [0.25, 0.3) is 5.91 Å². The number of halogens is 2. The summed E-state index contributed by atoms with van der Waals surface area (Å²) in [6, 6.07) is 5.15. The summed E-state index contributed by atoms with van der Waals surface area (Å²) in [5.41, 5.74) is 0.436. The molecule has 1 fully saturated rings. The van der Waals surface area contributed by atoms with Crippen LogP contribution in [0.15, 0.2) is 18.2 Å². The zero-order chi connectivity index (χ0) is 12.4. The van der Waals surface area contributed by atoms with E-state index in [9.17, 15) is 4.79 Å². The van der Waals surface area contributed by atoms with Gasteiger partial charge in [0.2, 0.25) is 0 Å². The zero-order valence-electron chi connectivity index (χ0n) is 9.75. The highest BCUT2D eigenvalue weighted by Crippen LogP contribution is 2.27. The minimum atomic E-state index is -0.0486. The molecule has 2 nitrogen and oxygen atoms in total. The van der Waals surface area contributed by atoms with Crippen molar-refractivity contribution in [2.24, 2.45) is 5.92 Å². The van der Waals surface area contributed by atoms with Gasteiger partial charge in [0.15, 0.2) is 0 Å². The fourth-order valence-electron chi connectivity index (χ4n) is 2.07. The summed E-state index contributed by atoms with van der Waals surface area (Å²) in [4.78, 5) is 14.1. The van der Waals surface area contributed by atoms with Crippen LogP contribution in [-0.4, -0.2) is 23.9 Å². The number of benzene rings is 1. The zero-order valence-corrected chi connectivity index (χ0v) is 11.3. The predicted octanol–water partition coefficient (Wildman–Crippen LogP) is 3.87. The Morgan fingerprint density at radius 1 is 1.24 bits per heavy atom. The number of likely N-dealkylation sites (tertiary alicyclic amines) is 1. The molecule has 0 bridgehead atoms. The third kappa shape index (κ3) is 2.75. The monoisotopic (exact) mass is 271 g/mol. The van der Waals surface area contributed by atoms with Crippen molar-refractivity contribution in [3.63, 3.8) is 0 Å². The lowest BCUT2D eigenvalue weighted by Gasteiger charge is -2.30. The van der Waals surface area contributed by atoms with E-state index in [0.717, 1.165) is 25.9 Å². The van der Waals surface area contributed by atoms with E-state index in [2.05, 4.69) is 6.92 Å². The first kappa shape index (κ1) is 12.7. The van der Waals surface area contributed by atoms with Crippen molar-refractivity contribution in [2.45, 2.75) is 19.8 Å². The van der Waals surface area contributed by atoms with Crippen molar-refractivity contribution >= 4 is 29.1 Å². The Balaban J connectivity index is 2.20. The predicted molar refractivity (Wildman–Crippen MR) is 70.8 cm³/mol. The number of amides is 1. The van der Waals surface area contributed by atoms with Crippen LogP contribution in [0.2, 0.25) is 10.0 Å². The van der Waals surface area contributed by atoms with Crippen molar-refractivity contribution in [2.75, 3.05) is 13.1 Å². The van der Waals surface area contributed by atoms with Crippen molar-refractivity contribution in [3.8, 4) is 0 Å². The molecule has 17 heavy (non-hydrogen) atoms. The van der Waals surface area contributed by atoms with E-state index in [0.29, 0.717) is 21.5 Å². The van der Waals surface area contributed by atoms with Gasteiger partial charge >= 0.3 is 0 Å². The lowest BCUT2D eigenvalue weighted by Crippen LogP contribution is -2.38. The van der Waals surface area contributed by atoms with Crippen molar-refractivity contribution in [1.29, 1.82) is 0 Å². The quantitative estimate of drug-likeness (QED) is 0.760. The third-order valence-corrected chi connectivity index (χ3v) is 3.88. The molecule has 0 atom stereocenters. The van der Waals surface area contributed by atoms with Crippen LogP contribution in [0.25, 0.3) is 0 Å². The lowest BCUT2D eigenvalue weighted by molar-refractivity contribution is 0.0697. The fraction of sp³-hybridized carbons (Fsp3) is 0.462. The molecule has 0 saturated carbocycles. The number of rotatable bonds is 1. The van der Waals surface area contributed by atoms with Crippen LogP contribution in [-0.2, 0) is 0 Å². The Hall–Kier alpha value is -0.730. The number of hydrogen-bond donors (Lipinski definition) is 0. The first-order chi connectivity index (χ1) is 8.09. The standard InChI is InChI=1S/C13H15Cl2NO/c1-9-5-7-16(8-6-9)13(17)12-10(14)3-2-4-11(12)15/h2-4,9H,5-8H2,1H3. The van der Waals surface area contributed by atoms with E-state index >= 15 is 0 Å². The highest BCUT2D eigenvalue weighted by atomic mass is 35.5. The van der Waals surface area contributed by atoms with Crippen LogP contribution in [0.1, 0.15) is 30.1 Å². The molecule has 1 aliphatic heterocycles. The van der Waals surface area contributed by atoms with Crippen molar-refractivity contribution in [3.05, 3.63) is 33.8 Å². The van der Waals surface area contributed by atoms with Gasteiger partial charge in [0.05, 0.1) is 15.6 Å². The minimum absolute atomic E-state index is 0.0486. The molecule has 1 aromatic rings. The Kier molecular flexibility index (Phi) is 3.95. The molecular weight excluding hydrogens is 257 g/mol. The van der Waals surface area contributed by atoms with E-state index < -0.39 is 0 Å². The average Bonchev–Trinajstić information content (AvgIpc) is 2.29. The molecule has 1 aromatic carbocycles. The van der Waals surface area contributed by atoms with Gasteiger partial charge in [-0.15, -0.1) is 0 Å². The maximum Gasteiger partial charge on any atom is 0.256 e. The van der Waals surface area contributed by atoms with Gasteiger partial charge < -0.3 is 4.90 Å². The van der Waals surface area contributed by atoms with E-state index in [-0.39, 0.29) is 5.91 Å². The molecule has 1 saturated heterocycles. The van der Waals surface area contributed by atoms with Crippen molar-refractivity contribution in [1.82, 2.24) is 4.90 Å². The second kappa shape index (κ2) is 5.28. The van der Waals surface area contributed by atoms with Gasteiger partial charge in [-0.2, -0.15) is 0 Å². The van der Waals surface area contributed by atoms with E-state index in [1.165, 1.54) is 0 Å². The summed E-state index contributed by atoms with van der Waals surface area (Å²) in [6.45, 7) is 3.80. The van der Waals surface area contributed by atoms with E-state index in [1.807, 2.05) is 4.90 Å². The van der Waals surface area contributed by atoms with Crippen molar-refractivity contribution < 1.29 is 4.79 Å². The highest BCUT2D eigenvalue weighted by molar-refractivity contribution is 6.39. The van der Waals surface area contributed by atoms with Gasteiger partial charge in [-0.3, -0.25) is 4.79 Å². The molecule has 0 aromatic heterocycles. The van der Waals surface area contributed by atoms with E-state index in [4.69, 9.17) is 23.2 Å². The number of carbonyl (C=O) groups is 1. The maximum atomic E-state index is 12.3. The Morgan fingerprint density at radius 2 is 1.76 bits per heavy atom. The smallest absolute Gasteiger partial charge is 0.256 e. The van der Waals surface area contributed by atoms with Crippen LogP contribution in [0, 0.1) is 5.92 Å². The Bertz CT molecular complexity index is 405. The topological polar surface area (TPSA) is 20.3 Å². The SMILES string of the molecule is CC1CCN(C(=O)c2c(Cl)cccc2Cl)CC1. The summed E-state index contributed by atoms with van der Waals surface area (Å²) in [6.07, 6.45) is 2.10. The first-order valence-electron chi connectivity index (χ1n) is 5.83. The second-order valence-corrected chi connectivity index (χ2v) is 5.39. The van der Waals surface area contributed by atoms with Crippen LogP contribution < -0.4 is 0 Å². The number of piperidine rings is 1. The molecule has 92 valence electrons. The van der Waals surface area contributed by atoms with Gasteiger partial charge in [-0.1, -0.05) is 36.2 Å². The summed E-state index contributed by atoms with van der Waals surface area (Å²) in [5, 5.41) is 0.863. The molecule has 4 heteroatoms. The molecule has 0 spiro atoms. The summed E-state index contributed by atoms with van der Waals surface area (Å²) in [5.74, 6) is 0.647. The molecule has 0 aliphatic carbocycles. The first-order valence-corrected chi connectivity index (χ1v) is 6.58. The molecular formula is C13H15Cl2NO. The van der Waals surface area contributed by atoms with Gasteiger partial charge in [0.1, 0.15) is 0 Å². The van der Waals surface area contributed by atoms with Crippen LogP contribution in [0.3, 0.4) is 0 Å².